The Hall–Kier alpha value is -1.42. The van der Waals surface area contributed by atoms with Crippen LogP contribution in [-0.2, 0) is 0 Å². The number of hydrogen-bond donors (Lipinski definition) is 3. The van der Waals surface area contributed by atoms with Crippen LogP contribution in [0.4, 0.5) is 11.4 Å². The molecule has 4 nitrogen and oxygen atoms in total. The van der Waals surface area contributed by atoms with Crippen molar-refractivity contribution in [3.8, 4) is 0 Å². The van der Waals surface area contributed by atoms with E-state index in [4.69, 9.17) is 23.1 Å². The van der Waals surface area contributed by atoms with E-state index in [0.29, 0.717) is 27.9 Å². The van der Waals surface area contributed by atoms with Crippen LogP contribution in [0.15, 0.2) is 12.1 Å². The van der Waals surface area contributed by atoms with E-state index in [0.717, 1.165) is 12.8 Å². The van der Waals surface area contributed by atoms with Crippen molar-refractivity contribution in [2.45, 2.75) is 39.7 Å². The lowest BCUT2D eigenvalue weighted by Gasteiger charge is -2.21. The fraction of sp³-hybridized carbons (Fsp3) is 0.500. The molecule has 0 bridgehead atoms. The van der Waals surface area contributed by atoms with Crippen LogP contribution in [0.2, 0.25) is 5.02 Å². The van der Waals surface area contributed by atoms with Gasteiger partial charge in [-0.2, -0.15) is 0 Å². The summed E-state index contributed by atoms with van der Waals surface area (Å²) in [5.41, 5.74) is 12.4. The third-order valence-corrected chi connectivity index (χ3v) is 3.52. The molecule has 0 saturated heterocycles. The molecule has 0 aliphatic heterocycles. The number of nitrogens with one attached hydrogen (secondary N) is 1. The maximum atomic E-state index is 11.5. The van der Waals surface area contributed by atoms with E-state index in [2.05, 4.69) is 26.1 Å². The second kappa shape index (κ2) is 6.66. The SMILES string of the molecule is CCC(C)CC(C)Nc1c(Cl)cc(N)cc1C(N)=O. The lowest BCUT2D eigenvalue weighted by atomic mass is 10.00. The van der Waals surface area contributed by atoms with Crippen LogP contribution in [0.25, 0.3) is 0 Å². The van der Waals surface area contributed by atoms with E-state index >= 15 is 0 Å². The largest absolute Gasteiger partial charge is 0.399 e. The van der Waals surface area contributed by atoms with Gasteiger partial charge in [0.2, 0.25) is 0 Å². The first kappa shape index (κ1) is 15.6. The summed E-state index contributed by atoms with van der Waals surface area (Å²) in [7, 11) is 0. The molecular formula is C14H22ClN3O. The number of primary amides is 1. The molecule has 2 unspecified atom stereocenters. The number of hydrogen-bond acceptors (Lipinski definition) is 3. The molecule has 0 heterocycles. The van der Waals surface area contributed by atoms with Crippen molar-refractivity contribution in [3.63, 3.8) is 0 Å². The molecule has 1 aromatic carbocycles. The van der Waals surface area contributed by atoms with Gasteiger partial charge in [0.15, 0.2) is 0 Å². The van der Waals surface area contributed by atoms with E-state index in [9.17, 15) is 4.79 Å². The van der Waals surface area contributed by atoms with Gasteiger partial charge in [-0.05, 0) is 31.4 Å². The van der Waals surface area contributed by atoms with Crippen molar-refractivity contribution in [1.82, 2.24) is 0 Å². The van der Waals surface area contributed by atoms with Gasteiger partial charge >= 0.3 is 0 Å². The molecule has 0 aliphatic rings. The first-order valence-corrected chi connectivity index (χ1v) is 6.88. The Morgan fingerprint density at radius 3 is 2.58 bits per heavy atom. The Bertz CT molecular complexity index is 462. The number of nitrogens with two attached hydrogens (primary N) is 2. The molecule has 1 aromatic rings. The first-order valence-electron chi connectivity index (χ1n) is 6.50. The molecule has 0 spiro atoms. The molecule has 1 rings (SSSR count). The van der Waals surface area contributed by atoms with Gasteiger partial charge in [0.1, 0.15) is 0 Å². The minimum atomic E-state index is -0.535. The van der Waals surface area contributed by atoms with Crippen LogP contribution in [0.3, 0.4) is 0 Å². The Morgan fingerprint density at radius 2 is 2.05 bits per heavy atom. The van der Waals surface area contributed by atoms with Gasteiger partial charge in [-0.1, -0.05) is 31.9 Å². The highest BCUT2D eigenvalue weighted by Gasteiger charge is 2.16. The first-order chi connectivity index (χ1) is 8.85. The standard InChI is InChI=1S/C14H22ClN3O/c1-4-8(2)5-9(3)18-13-11(14(17)19)6-10(16)7-12(13)15/h6-9,18H,4-5,16H2,1-3H3,(H2,17,19). The average molecular weight is 284 g/mol. The third-order valence-electron chi connectivity index (χ3n) is 3.22. The Labute approximate surface area is 119 Å². The number of amides is 1. The molecule has 1 amide bonds. The number of benzene rings is 1. The summed E-state index contributed by atoms with van der Waals surface area (Å²) < 4.78 is 0. The van der Waals surface area contributed by atoms with Crippen LogP contribution in [0, 0.1) is 5.92 Å². The maximum absolute atomic E-state index is 11.5. The predicted octanol–water partition coefficient (Wildman–Crippen LogP) is 3.26. The number of carbonyl (C=O) groups is 1. The van der Waals surface area contributed by atoms with E-state index in [-0.39, 0.29) is 6.04 Å². The van der Waals surface area contributed by atoms with Crippen LogP contribution in [0.1, 0.15) is 44.0 Å². The monoisotopic (exact) mass is 283 g/mol. The van der Waals surface area contributed by atoms with E-state index < -0.39 is 5.91 Å². The fourth-order valence-electron chi connectivity index (χ4n) is 2.04. The molecule has 5 N–H and O–H groups in total. The van der Waals surface area contributed by atoms with Crippen molar-refractivity contribution in [2.24, 2.45) is 11.7 Å². The van der Waals surface area contributed by atoms with Crippen LogP contribution in [-0.4, -0.2) is 11.9 Å². The quantitative estimate of drug-likeness (QED) is 0.701. The Kier molecular flexibility index (Phi) is 5.48. The molecule has 2 atom stereocenters. The van der Waals surface area contributed by atoms with Crippen LogP contribution >= 0.6 is 11.6 Å². The zero-order valence-corrected chi connectivity index (χ0v) is 12.4. The summed E-state index contributed by atoms with van der Waals surface area (Å²) in [6.07, 6.45) is 2.11. The molecule has 0 fully saturated rings. The van der Waals surface area contributed by atoms with Crippen LogP contribution < -0.4 is 16.8 Å². The summed E-state index contributed by atoms with van der Waals surface area (Å²) in [5.74, 6) is 0.0690. The maximum Gasteiger partial charge on any atom is 0.250 e. The fourth-order valence-corrected chi connectivity index (χ4v) is 2.33. The smallest absolute Gasteiger partial charge is 0.250 e. The van der Waals surface area contributed by atoms with Gasteiger partial charge in [0.25, 0.3) is 5.91 Å². The van der Waals surface area contributed by atoms with Gasteiger partial charge in [-0.15, -0.1) is 0 Å². The summed E-state index contributed by atoms with van der Waals surface area (Å²) >= 11 is 6.14. The van der Waals surface area contributed by atoms with E-state index in [1.54, 1.807) is 12.1 Å². The number of nitrogen functional groups attached to an aromatic ring is 1. The van der Waals surface area contributed by atoms with E-state index in [1.165, 1.54) is 0 Å². The molecule has 0 aromatic heterocycles. The molecule has 19 heavy (non-hydrogen) atoms. The molecular weight excluding hydrogens is 262 g/mol. The number of halogens is 1. The Balaban J connectivity index is 2.96. The van der Waals surface area contributed by atoms with Crippen LogP contribution in [0.5, 0.6) is 0 Å². The van der Waals surface area contributed by atoms with Gasteiger partial charge in [-0.25, -0.2) is 0 Å². The minimum absolute atomic E-state index is 0.203. The summed E-state index contributed by atoms with van der Waals surface area (Å²) in [4.78, 5) is 11.5. The highest BCUT2D eigenvalue weighted by molar-refractivity contribution is 6.34. The number of rotatable bonds is 6. The average Bonchev–Trinajstić information content (AvgIpc) is 2.31. The Morgan fingerprint density at radius 1 is 1.42 bits per heavy atom. The zero-order valence-electron chi connectivity index (χ0n) is 11.7. The van der Waals surface area contributed by atoms with Gasteiger partial charge in [-0.3, -0.25) is 4.79 Å². The van der Waals surface area contributed by atoms with Crippen molar-refractivity contribution < 1.29 is 4.79 Å². The zero-order chi connectivity index (χ0) is 14.6. The van der Waals surface area contributed by atoms with E-state index in [1.807, 2.05) is 0 Å². The van der Waals surface area contributed by atoms with Gasteiger partial charge < -0.3 is 16.8 Å². The predicted molar refractivity (Wildman–Crippen MR) is 81.5 cm³/mol. The second-order valence-corrected chi connectivity index (χ2v) is 5.49. The minimum Gasteiger partial charge on any atom is -0.399 e. The number of carbonyl (C=O) groups excluding carboxylic acids is 1. The third kappa shape index (κ3) is 4.31. The lowest BCUT2D eigenvalue weighted by Crippen LogP contribution is -2.22. The van der Waals surface area contributed by atoms with Crippen molar-refractivity contribution >= 4 is 28.9 Å². The van der Waals surface area contributed by atoms with Gasteiger partial charge in [0.05, 0.1) is 16.3 Å². The highest BCUT2D eigenvalue weighted by atomic mass is 35.5. The summed E-state index contributed by atoms with van der Waals surface area (Å²) in [6, 6.07) is 3.37. The molecule has 0 saturated carbocycles. The topological polar surface area (TPSA) is 81.1 Å². The van der Waals surface area contributed by atoms with Crippen molar-refractivity contribution in [1.29, 1.82) is 0 Å². The van der Waals surface area contributed by atoms with Crippen molar-refractivity contribution in [3.05, 3.63) is 22.7 Å². The summed E-state index contributed by atoms with van der Waals surface area (Å²) in [6.45, 7) is 6.41. The molecule has 5 heteroatoms. The lowest BCUT2D eigenvalue weighted by molar-refractivity contribution is 0.100. The second-order valence-electron chi connectivity index (χ2n) is 5.08. The normalized spacial score (nSPS) is 13.9. The highest BCUT2D eigenvalue weighted by Crippen LogP contribution is 2.30. The molecule has 106 valence electrons. The summed E-state index contributed by atoms with van der Waals surface area (Å²) in [5, 5.41) is 3.69. The van der Waals surface area contributed by atoms with Crippen molar-refractivity contribution in [2.75, 3.05) is 11.1 Å². The number of anilines is 2. The molecule has 0 aliphatic carbocycles. The van der Waals surface area contributed by atoms with Gasteiger partial charge in [0, 0.05) is 11.7 Å². The molecule has 0 radical (unpaired) electrons.